The predicted octanol–water partition coefficient (Wildman–Crippen LogP) is 3.80. The molecule has 3 N–H and O–H groups in total. The maximum atomic E-state index is 8.88. The lowest BCUT2D eigenvalue weighted by Gasteiger charge is -2.10. The van der Waals surface area contributed by atoms with Gasteiger partial charge in [-0.05, 0) is 56.1 Å². The first-order valence-electron chi connectivity index (χ1n) is 4.99. The molecule has 0 saturated heterocycles. The maximum Gasteiger partial charge on any atom is 0.165 e. The first-order valence-corrected chi connectivity index (χ1v) is 6.58. The molecule has 0 atom stereocenters. The van der Waals surface area contributed by atoms with E-state index in [1.54, 1.807) is 12.1 Å². The van der Waals surface area contributed by atoms with Crippen molar-refractivity contribution >= 4 is 49.1 Å². The van der Waals surface area contributed by atoms with Crippen molar-refractivity contribution in [2.75, 3.05) is 11.1 Å². The Bertz CT molecular complexity index is 614. The summed E-state index contributed by atoms with van der Waals surface area (Å²) >= 11 is 6.89. The lowest BCUT2D eigenvalue weighted by atomic mass is 10.3. The molecule has 6 heteroatoms. The van der Waals surface area contributed by atoms with Crippen LogP contribution in [0.1, 0.15) is 5.69 Å². The van der Waals surface area contributed by atoms with Crippen molar-refractivity contribution in [3.05, 3.63) is 45.0 Å². The highest BCUT2D eigenvalue weighted by Gasteiger charge is 2.07. The summed E-state index contributed by atoms with van der Waals surface area (Å²) in [6.45, 7) is 0. The zero-order chi connectivity index (χ0) is 13.1. The van der Waals surface area contributed by atoms with E-state index in [2.05, 4.69) is 42.2 Å². The second kappa shape index (κ2) is 5.38. The Morgan fingerprint density at radius 2 is 1.83 bits per heavy atom. The van der Waals surface area contributed by atoms with Gasteiger partial charge in [0.05, 0.1) is 11.4 Å². The SMILES string of the molecule is N#Cc1nc(Nc2c(Br)cccc2Br)ccc1N. The van der Waals surface area contributed by atoms with Gasteiger partial charge in [0.25, 0.3) is 0 Å². The maximum absolute atomic E-state index is 8.88. The number of nitrogens with two attached hydrogens (primary N) is 1. The van der Waals surface area contributed by atoms with Crippen LogP contribution < -0.4 is 11.1 Å². The van der Waals surface area contributed by atoms with Gasteiger partial charge in [-0.1, -0.05) is 6.07 Å². The molecule has 0 spiro atoms. The molecule has 0 aliphatic carbocycles. The van der Waals surface area contributed by atoms with Gasteiger partial charge in [0.15, 0.2) is 5.69 Å². The van der Waals surface area contributed by atoms with Crippen LogP contribution in [0.15, 0.2) is 39.3 Å². The quantitative estimate of drug-likeness (QED) is 0.846. The van der Waals surface area contributed by atoms with E-state index < -0.39 is 0 Å². The second-order valence-corrected chi connectivity index (χ2v) is 5.18. The van der Waals surface area contributed by atoms with Crippen molar-refractivity contribution in [2.24, 2.45) is 0 Å². The zero-order valence-electron chi connectivity index (χ0n) is 9.11. The smallest absolute Gasteiger partial charge is 0.165 e. The largest absolute Gasteiger partial charge is 0.396 e. The Balaban J connectivity index is 2.38. The first-order chi connectivity index (χ1) is 8.61. The summed E-state index contributed by atoms with van der Waals surface area (Å²) in [6, 6.07) is 11.1. The number of benzene rings is 1. The summed E-state index contributed by atoms with van der Waals surface area (Å²) in [5.41, 5.74) is 7.05. The summed E-state index contributed by atoms with van der Waals surface area (Å²) in [4.78, 5) is 4.13. The number of nitriles is 1. The third kappa shape index (κ3) is 2.63. The van der Waals surface area contributed by atoms with Crippen LogP contribution in [0, 0.1) is 11.3 Å². The number of para-hydroxylation sites is 1. The molecule has 90 valence electrons. The number of hydrogen-bond donors (Lipinski definition) is 2. The van der Waals surface area contributed by atoms with E-state index in [9.17, 15) is 0 Å². The molecule has 2 rings (SSSR count). The highest BCUT2D eigenvalue weighted by molar-refractivity contribution is 9.11. The first kappa shape index (κ1) is 12.9. The normalized spacial score (nSPS) is 9.83. The fourth-order valence-electron chi connectivity index (χ4n) is 1.37. The molecule has 1 heterocycles. The molecular formula is C12H8Br2N4. The lowest BCUT2D eigenvalue weighted by molar-refractivity contribution is 1.25. The third-order valence-electron chi connectivity index (χ3n) is 2.25. The number of aromatic nitrogens is 1. The van der Waals surface area contributed by atoms with Crippen molar-refractivity contribution in [3.63, 3.8) is 0 Å². The number of nitrogens with zero attached hydrogens (tertiary/aromatic N) is 2. The third-order valence-corrected chi connectivity index (χ3v) is 3.57. The van der Waals surface area contributed by atoms with Gasteiger partial charge >= 0.3 is 0 Å². The van der Waals surface area contributed by atoms with Gasteiger partial charge in [-0.25, -0.2) is 4.98 Å². The number of rotatable bonds is 2. The molecule has 18 heavy (non-hydrogen) atoms. The van der Waals surface area contributed by atoms with Crippen molar-refractivity contribution < 1.29 is 0 Å². The number of halogens is 2. The van der Waals surface area contributed by atoms with E-state index in [0.717, 1.165) is 14.6 Å². The fraction of sp³-hybridized carbons (Fsp3) is 0. The van der Waals surface area contributed by atoms with Gasteiger partial charge in [-0.2, -0.15) is 5.26 Å². The number of pyridine rings is 1. The topological polar surface area (TPSA) is 74.7 Å². The molecule has 0 bridgehead atoms. The van der Waals surface area contributed by atoms with Crippen molar-refractivity contribution in [1.29, 1.82) is 5.26 Å². The Morgan fingerprint density at radius 1 is 1.17 bits per heavy atom. The van der Waals surface area contributed by atoms with E-state index in [1.807, 2.05) is 24.3 Å². The molecule has 2 aromatic rings. The average molecular weight is 368 g/mol. The van der Waals surface area contributed by atoms with Gasteiger partial charge in [-0.3, -0.25) is 0 Å². The summed E-state index contributed by atoms with van der Waals surface area (Å²) in [5, 5.41) is 12.0. The molecule has 0 radical (unpaired) electrons. The standard InChI is InChI=1S/C12H8Br2N4/c13-7-2-1-3-8(14)12(7)18-11-5-4-9(16)10(6-15)17-11/h1-5H,16H2,(H,17,18). The van der Waals surface area contributed by atoms with Crippen LogP contribution in [0.5, 0.6) is 0 Å². The Hall–Kier alpha value is -1.58. The molecule has 0 amide bonds. The van der Waals surface area contributed by atoms with Crippen molar-refractivity contribution in [3.8, 4) is 6.07 Å². The van der Waals surface area contributed by atoms with Gasteiger partial charge in [0.1, 0.15) is 11.9 Å². The molecular weight excluding hydrogens is 360 g/mol. The van der Waals surface area contributed by atoms with Gasteiger partial charge in [0.2, 0.25) is 0 Å². The highest BCUT2D eigenvalue weighted by Crippen LogP contribution is 2.32. The molecule has 0 aliphatic heterocycles. The Morgan fingerprint density at radius 3 is 2.44 bits per heavy atom. The lowest BCUT2D eigenvalue weighted by Crippen LogP contribution is -1.99. The van der Waals surface area contributed by atoms with Crippen LogP contribution in [-0.2, 0) is 0 Å². The molecule has 0 unspecified atom stereocenters. The highest BCUT2D eigenvalue weighted by atomic mass is 79.9. The molecule has 1 aromatic heterocycles. The molecule has 1 aromatic carbocycles. The van der Waals surface area contributed by atoms with E-state index >= 15 is 0 Å². The van der Waals surface area contributed by atoms with E-state index in [-0.39, 0.29) is 5.69 Å². The minimum atomic E-state index is 0.211. The minimum absolute atomic E-state index is 0.211. The minimum Gasteiger partial charge on any atom is -0.396 e. The number of nitrogens with one attached hydrogen (secondary N) is 1. The van der Waals surface area contributed by atoms with Crippen LogP contribution in [-0.4, -0.2) is 4.98 Å². The van der Waals surface area contributed by atoms with Crippen molar-refractivity contribution in [2.45, 2.75) is 0 Å². The zero-order valence-corrected chi connectivity index (χ0v) is 12.3. The van der Waals surface area contributed by atoms with Crippen LogP contribution in [0.3, 0.4) is 0 Å². The van der Waals surface area contributed by atoms with E-state index in [4.69, 9.17) is 11.0 Å². The second-order valence-electron chi connectivity index (χ2n) is 3.47. The molecule has 0 saturated carbocycles. The Kier molecular flexibility index (Phi) is 3.84. The van der Waals surface area contributed by atoms with E-state index in [0.29, 0.717) is 11.5 Å². The molecule has 4 nitrogen and oxygen atoms in total. The summed E-state index contributed by atoms with van der Waals surface area (Å²) < 4.78 is 1.79. The van der Waals surface area contributed by atoms with Gasteiger partial charge in [-0.15, -0.1) is 0 Å². The summed E-state index contributed by atoms with van der Waals surface area (Å²) in [5.74, 6) is 0.563. The van der Waals surface area contributed by atoms with E-state index in [1.165, 1.54) is 0 Å². The molecule has 0 fully saturated rings. The monoisotopic (exact) mass is 366 g/mol. The average Bonchev–Trinajstić information content (AvgIpc) is 2.36. The van der Waals surface area contributed by atoms with Crippen LogP contribution in [0.2, 0.25) is 0 Å². The van der Waals surface area contributed by atoms with Crippen LogP contribution >= 0.6 is 31.9 Å². The predicted molar refractivity (Wildman–Crippen MR) is 78.5 cm³/mol. The van der Waals surface area contributed by atoms with Crippen LogP contribution in [0.25, 0.3) is 0 Å². The van der Waals surface area contributed by atoms with Gasteiger partial charge < -0.3 is 11.1 Å². The Labute approximate surface area is 121 Å². The number of hydrogen-bond acceptors (Lipinski definition) is 4. The van der Waals surface area contributed by atoms with Crippen molar-refractivity contribution in [1.82, 2.24) is 4.98 Å². The van der Waals surface area contributed by atoms with Gasteiger partial charge in [0, 0.05) is 8.95 Å². The van der Waals surface area contributed by atoms with Crippen LogP contribution in [0.4, 0.5) is 17.2 Å². The number of anilines is 3. The summed E-state index contributed by atoms with van der Waals surface area (Å²) in [6.07, 6.45) is 0. The fourth-order valence-corrected chi connectivity index (χ4v) is 2.57. The number of nitrogen functional groups attached to an aromatic ring is 1. The molecule has 0 aliphatic rings. The summed E-state index contributed by atoms with van der Waals surface area (Å²) in [7, 11) is 0.